The van der Waals surface area contributed by atoms with Gasteiger partial charge in [-0.1, -0.05) is 0 Å². The molecule has 1 amide bonds. The molecule has 3 heterocycles. The van der Waals surface area contributed by atoms with Gasteiger partial charge in [0.2, 0.25) is 5.91 Å². The van der Waals surface area contributed by atoms with Gasteiger partial charge < -0.3 is 10.2 Å². The molecule has 0 bridgehead atoms. The van der Waals surface area contributed by atoms with E-state index in [1.807, 2.05) is 17.0 Å². The summed E-state index contributed by atoms with van der Waals surface area (Å²) in [6.45, 7) is 2.36. The highest BCUT2D eigenvalue weighted by Gasteiger charge is 2.41. The van der Waals surface area contributed by atoms with Crippen LogP contribution in [0.3, 0.4) is 0 Å². The Morgan fingerprint density at radius 3 is 3.26 bits per heavy atom. The molecule has 2 unspecified atom stereocenters. The van der Waals surface area contributed by atoms with Gasteiger partial charge >= 0.3 is 0 Å². The third-order valence-electron chi connectivity index (χ3n) is 3.94. The molecule has 2 aliphatic rings. The van der Waals surface area contributed by atoms with E-state index in [1.165, 1.54) is 0 Å². The molecule has 0 aromatic carbocycles. The Morgan fingerprint density at radius 2 is 2.47 bits per heavy atom. The van der Waals surface area contributed by atoms with Crippen LogP contribution in [0.2, 0.25) is 0 Å². The summed E-state index contributed by atoms with van der Waals surface area (Å²) in [5.74, 6) is 0.388. The lowest BCUT2D eigenvalue weighted by Crippen LogP contribution is -2.41. The van der Waals surface area contributed by atoms with Crippen molar-refractivity contribution < 1.29 is 4.79 Å². The van der Waals surface area contributed by atoms with Crippen LogP contribution >= 0.6 is 0 Å². The predicted octanol–water partition coefficient (Wildman–Crippen LogP) is 0.664. The summed E-state index contributed by atoms with van der Waals surface area (Å²) in [5, 5.41) is 12.3. The number of nitrogens with zero attached hydrogens (tertiary/aromatic N) is 3. The first-order valence-corrected chi connectivity index (χ1v) is 6.65. The minimum Gasteiger partial charge on any atom is -0.336 e. The third-order valence-corrected chi connectivity index (χ3v) is 3.94. The molecule has 2 atom stereocenters. The van der Waals surface area contributed by atoms with Gasteiger partial charge in [0.05, 0.1) is 5.92 Å². The number of fused-ring (bicyclic) bond motifs is 1. The van der Waals surface area contributed by atoms with E-state index in [-0.39, 0.29) is 11.8 Å². The van der Waals surface area contributed by atoms with Crippen molar-refractivity contribution >= 4 is 5.91 Å². The molecule has 5 nitrogen and oxygen atoms in total. The quantitative estimate of drug-likeness (QED) is 0.844. The molecule has 0 spiro atoms. The molecular formula is C14H16N4O. The number of pyridine rings is 1. The first-order valence-electron chi connectivity index (χ1n) is 6.65. The highest BCUT2D eigenvalue weighted by molar-refractivity contribution is 5.82. The van der Waals surface area contributed by atoms with Crippen LogP contribution in [-0.4, -0.2) is 34.9 Å². The molecule has 98 valence electrons. The van der Waals surface area contributed by atoms with Crippen LogP contribution in [0.25, 0.3) is 0 Å². The van der Waals surface area contributed by atoms with Gasteiger partial charge in [-0.15, -0.1) is 0 Å². The van der Waals surface area contributed by atoms with E-state index in [0.717, 1.165) is 31.5 Å². The summed E-state index contributed by atoms with van der Waals surface area (Å²) in [5.41, 5.74) is 1.37. The molecule has 0 aliphatic carbocycles. The van der Waals surface area contributed by atoms with Crippen molar-refractivity contribution in [1.29, 1.82) is 5.26 Å². The largest absolute Gasteiger partial charge is 0.336 e. The Hall–Kier alpha value is -1.93. The zero-order valence-corrected chi connectivity index (χ0v) is 10.7. The van der Waals surface area contributed by atoms with E-state index in [4.69, 9.17) is 5.26 Å². The second kappa shape index (κ2) is 4.98. The van der Waals surface area contributed by atoms with Crippen LogP contribution in [0.5, 0.6) is 0 Å². The Bertz CT molecular complexity index is 536. The average Bonchev–Trinajstić information content (AvgIpc) is 2.76. The fourth-order valence-corrected chi connectivity index (χ4v) is 3.00. The van der Waals surface area contributed by atoms with Crippen molar-refractivity contribution in [3.8, 4) is 6.07 Å². The van der Waals surface area contributed by atoms with E-state index in [2.05, 4.69) is 10.3 Å². The van der Waals surface area contributed by atoms with Gasteiger partial charge in [-0.3, -0.25) is 4.79 Å². The average molecular weight is 256 g/mol. The molecule has 3 rings (SSSR count). The lowest BCUT2D eigenvalue weighted by atomic mass is 9.94. The number of likely N-dealkylation sites (tertiary alicyclic amines) is 1. The molecule has 0 radical (unpaired) electrons. The summed E-state index contributed by atoms with van der Waals surface area (Å²) in [7, 11) is 0. The normalized spacial score (nSPS) is 26.1. The van der Waals surface area contributed by atoms with Crippen molar-refractivity contribution in [3.63, 3.8) is 0 Å². The Labute approximate surface area is 112 Å². The number of nitrogens with one attached hydrogen (secondary N) is 1. The monoisotopic (exact) mass is 256 g/mol. The number of amides is 1. The number of hydrogen-bond donors (Lipinski definition) is 1. The van der Waals surface area contributed by atoms with E-state index >= 15 is 0 Å². The Kier molecular flexibility index (Phi) is 3.18. The minimum absolute atomic E-state index is 0.144. The van der Waals surface area contributed by atoms with Crippen LogP contribution in [-0.2, 0) is 11.3 Å². The maximum atomic E-state index is 12.3. The van der Waals surface area contributed by atoms with Crippen LogP contribution in [0, 0.1) is 17.2 Å². The number of carbonyl (C=O) groups is 1. The maximum absolute atomic E-state index is 12.3. The minimum atomic E-state index is 0.144. The van der Waals surface area contributed by atoms with E-state index < -0.39 is 0 Å². The molecule has 0 saturated carbocycles. The number of hydrogen-bond acceptors (Lipinski definition) is 4. The molecule has 2 aliphatic heterocycles. The number of rotatable bonds is 2. The zero-order chi connectivity index (χ0) is 13.2. The highest BCUT2D eigenvalue weighted by atomic mass is 16.2. The van der Waals surface area contributed by atoms with E-state index in [0.29, 0.717) is 18.3 Å². The predicted molar refractivity (Wildman–Crippen MR) is 68.9 cm³/mol. The molecule has 5 heteroatoms. The first kappa shape index (κ1) is 12.1. The summed E-state index contributed by atoms with van der Waals surface area (Å²) in [4.78, 5) is 18.1. The summed E-state index contributed by atoms with van der Waals surface area (Å²) in [6.07, 6.45) is 3.70. The molecule has 1 N–H and O–H groups in total. The standard InChI is InChI=1S/C14H16N4O/c15-7-11-6-10(3-5-16-11)8-18-9-13-12(14(18)19)2-1-4-17-13/h3,5-6,12-13,17H,1-2,4,8-9H2. The van der Waals surface area contributed by atoms with Gasteiger partial charge in [0.1, 0.15) is 11.8 Å². The second-order valence-electron chi connectivity index (χ2n) is 5.19. The lowest BCUT2D eigenvalue weighted by Gasteiger charge is -2.23. The smallest absolute Gasteiger partial charge is 0.227 e. The first-order chi connectivity index (χ1) is 9.28. The second-order valence-corrected chi connectivity index (χ2v) is 5.19. The van der Waals surface area contributed by atoms with Gasteiger partial charge in [0.15, 0.2) is 0 Å². The summed E-state index contributed by atoms with van der Waals surface area (Å²) < 4.78 is 0. The van der Waals surface area contributed by atoms with Crippen molar-refractivity contribution in [1.82, 2.24) is 15.2 Å². The molecule has 1 aromatic rings. The van der Waals surface area contributed by atoms with Crippen LogP contribution in [0.15, 0.2) is 18.3 Å². The summed E-state index contributed by atoms with van der Waals surface area (Å²) >= 11 is 0. The number of carbonyl (C=O) groups excluding carboxylic acids is 1. The van der Waals surface area contributed by atoms with E-state index in [1.54, 1.807) is 12.3 Å². The summed E-state index contributed by atoms with van der Waals surface area (Å²) in [6, 6.07) is 5.95. The SMILES string of the molecule is N#Cc1cc(CN2CC3NCCCC3C2=O)ccn1. The number of piperidine rings is 1. The topological polar surface area (TPSA) is 69.0 Å². The highest BCUT2D eigenvalue weighted by Crippen LogP contribution is 2.27. The van der Waals surface area contributed by atoms with Crippen molar-refractivity contribution in [2.24, 2.45) is 5.92 Å². The molecule has 1 aromatic heterocycles. The lowest BCUT2D eigenvalue weighted by molar-refractivity contribution is -0.131. The van der Waals surface area contributed by atoms with Crippen molar-refractivity contribution in [2.75, 3.05) is 13.1 Å². The van der Waals surface area contributed by atoms with Crippen LogP contribution in [0.4, 0.5) is 0 Å². The van der Waals surface area contributed by atoms with Gasteiger partial charge in [0.25, 0.3) is 0 Å². The fourth-order valence-electron chi connectivity index (χ4n) is 3.00. The van der Waals surface area contributed by atoms with E-state index in [9.17, 15) is 4.79 Å². The molecule has 2 fully saturated rings. The zero-order valence-electron chi connectivity index (χ0n) is 10.7. The number of nitriles is 1. The van der Waals surface area contributed by atoms with Gasteiger partial charge in [0, 0.05) is 25.3 Å². The van der Waals surface area contributed by atoms with Crippen LogP contribution in [0.1, 0.15) is 24.1 Å². The number of aromatic nitrogens is 1. The van der Waals surface area contributed by atoms with Crippen molar-refractivity contribution in [3.05, 3.63) is 29.6 Å². The van der Waals surface area contributed by atoms with Gasteiger partial charge in [-0.25, -0.2) is 4.98 Å². The van der Waals surface area contributed by atoms with Gasteiger partial charge in [-0.2, -0.15) is 5.26 Å². The molecular weight excluding hydrogens is 240 g/mol. The van der Waals surface area contributed by atoms with Gasteiger partial charge in [-0.05, 0) is 37.1 Å². The maximum Gasteiger partial charge on any atom is 0.227 e. The van der Waals surface area contributed by atoms with Crippen molar-refractivity contribution in [2.45, 2.75) is 25.4 Å². The molecule has 19 heavy (non-hydrogen) atoms. The fraction of sp³-hybridized carbons (Fsp3) is 0.500. The third kappa shape index (κ3) is 2.32. The Morgan fingerprint density at radius 1 is 1.58 bits per heavy atom. The Balaban J connectivity index is 1.73. The van der Waals surface area contributed by atoms with Crippen LogP contribution < -0.4 is 5.32 Å². The molecule has 2 saturated heterocycles.